The molecule has 1 atom stereocenters. The van der Waals surface area contributed by atoms with E-state index >= 15 is 0 Å². The van der Waals surface area contributed by atoms with Crippen LogP contribution in [0.4, 0.5) is 0 Å². The number of hydrogen-bond donors (Lipinski definition) is 1. The molecule has 0 aliphatic heterocycles. The van der Waals surface area contributed by atoms with Crippen molar-refractivity contribution in [1.82, 2.24) is 18.7 Å². The summed E-state index contributed by atoms with van der Waals surface area (Å²) in [7, 11) is 3.11. The topological polar surface area (TPSA) is 66.3 Å². The average Bonchev–Trinajstić information content (AvgIpc) is 3.10. The van der Waals surface area contributed by atoms with Gasteiger partial charge in [-0.05, 0) is 5.92 Å². The molecule has 148 valence electrons. The number of quaternary nitrogens is 1. The SMILES string of the molecule is C#CC[NH+](CCCn1cnc2c1c(=O)n(C)c(=O)n2C)Cc1ccccc1.[Cl-]. The molecule has 1 aromatic carbocycles. The molecule has 7 nitrogen and oxygen atoms in total. The van der Waals surface area contributed by atoms with E-state index in [9.17, 15) is 9.59 Å². The summed E-state index contributed by atoms with van der Waals surface area (Å²) in [5.74, 6) is 2.74. The summed E-state index contributed by atoms with van der Waals surface area (Å²) in [6, 6.07) is 10.3. The Balaban J connectivity index is 0.00000280. The van der Waals surface area contributed by atoms with Crippen molar-refractivity contribution in [3.8, 4) is 12.3 Å². The molecule has 0 spiro atoms. The van der Waals surface area contributed by atoms with Crippen LogP contribution in [0.15, 0.2) is 46.2 Å². The van der Waals surface area contributed by atoms with Crippen molar-refractivity contribution >= 4 is 11.2 Å². The van der Waals surface area contributed by atoms with E-state index in [4.69, 9.17) is 6.42 Å². The molecule has 0 bridgehead atoms. The van der Waals surface area contributed by atoms with Crippen LogP contribution in [0.25, 0.3) is 11.2 Å². The van der Waals surface area contributed by atoms with Crippen molar-refractivity contribution in [2.24, 2.45) is 14.1 Å². The maximum Gasteiger partial charge on any atom is 0.332 e. The second-order valence-electron chi connectivity index (χ2n) is 6.71. The van der Waals surface area contributed by atoms with Gasteiger partial charge in [-0.25, -0.2) is 9.78 Å². The third kappa shape index (κ3) is 4.35. The summed E-state index contributed by atoms with van der Waals surface area (Å²) in [5.41, 5.74) is 1.44. The monoisotopic (exact) mass is 401 g/mol. The van der Waals surface area contributed by atoms with Crippen LogP contribution in [0.3, 0.4) is 0 Å². The molecule has 2 aromatic heterocycles. The minimum atomic E-state index is -0.370. The first-order valence-electron chi connectivity index (χ1n) is 8.94. The van der Waals surface area contributed by atoms with Gasteiger partial charge in [-0.3, -0.25) is 13.9 Å². The number of benzene rings is 1. The quantitative estimate of drug-likeness (QED) is 0.419. The average molecular weight is 402 g/mol. The maximum absolute atomic E-state index is 12.5. The highest BCUT2D eigenvalue weighted by molar-refractivity contribution is 5.69. The molecule has 1 unspecified atom stereocenters. The van der Waals surface area contributed by atoms with Gasteiger partial charge in [-0.15, -0.1) is 6.42 Å². The van der Waals surface area contributed by atoms with Gasteiger partial charge in [0.25, 0.3) is 5.56 Å². The number of aromatic nitrogens is 4. The molecule has 1 N–H and O–H groups in total. The highest BCUT2D eigenvalue weighted by Gasteiger charge is 2.15. The Hall–Kier alpha value is -2.82. The van der Waals surface area contributed by atoms with E-state index in [-0.39, 0.29) is 23.7 Å². The number of rotatable bonds is 7. The summed E-state index contributed by atoms with van der Waals surface area (Å²) in [5, 5.41) is 0. The van der Waals surface area contributed by atoms with Crippen LogP contribution in [0.2, 0.25) is 0 Å². The number of terminal acetylenes is 1. The van der Waals surface area contributed by atoms with Crippen LogP contribution in [0, 0.1) is 12.3 Å². The Morgan fingerprint density at radius 2 is 1.86 bits per heavy atom. The zero-order chi connectivity index (χ0) is 19.4. The fraction of sp³-hybridized carbons (Fsp3) is 0.350. The molecule has 0 aliphatic rings. The highest BCUT2D eigenvalue weighted by Crippen LogP contribution is 2.05. The summed E-state index contributed by atoms with van der Waals surface area (Å²) in [6.45, 7) is 3.04. The van der Waals surface area contributed by atoms with Crippen molar-refractivity contribution in [3.05, 3.63) is 63.1 Å². The normalized spacial score (nSPS) is 11.8. The van der Waals surface area contributed by atoms with Crippen LogP contribution in [0.5, 0.6) is 0 Å². The minimum Gasteiger partial charge on any atom is -1.00 e. The highest BCUT2D eigenvalue weighted by atomic mass is 35.5. The third-order valence-corrected chi connectivity index (χ3v) is 4.80. The van der Waals surface area contributed by atoms with Crippen LogP contribution in [-0.2, 0) is 27.2 Å². The number of nitrogens with zero attached hydrogens (tertiary/aromatic N) is 4. The molecular weight excluding hydrogens is 378 g/mol. The summed E-state index contributed by atoms with van der Waals surface area (Å²) in [6.07, 6.45) is 8.01. The van der Waals surface area contributed by atoms with Gasteiger partial charge < -0.3 is 21.9 Å². The van der Waals surface area contributed by atoms with E-state index in [1.807, 2.05) is 22.8 Å². The first-order chi connectivity index (χ1) is 13.0. The summed E-state index contributed by atoms with van der Waals surface area (Å²) in [4.78, 5) is 30.1. The second kappa shape index (κ2) is 9.40. The number of nitrogens with one attached hydrogen (secondary N) is 1. The lowest BCUT2D eigenvalue weighted by atomic mass is 10.2. The van der Waals surface area contributed by atoms with Crippen molar-refractivity contribution < 1.29 is 17.3 Å². The smallest absolute Gasteiger partial charge is 0.332 e. The van der Waals surface area contributed by atoms with Gasteiger partial charge in [0, 0.05) is 32.6 Å². The minimum absolute atomic E-state index is 0. The van der Waals surface area contributed by atoms with E-state index < -0.39 is 0 Å². The lowest BCUT2D eigenvalue weighted by molar-refractivity contribution is -0.907. The second-order valence-corrected chi connectivity index (χ2v) is 6.71. The zero-order valence-electron chi connectivity index (χ0n) is 16.1. The number of fused-ring (bicyclic) bond motifs is 1. The largest absolute Gasteiger partial charge is 1.00 e. The van der Waals surface area contributed by atoms with Crippen LogP contribution in [0.1, 0.15) is 12.0 Å². The fourth-order valence-corrected chi connectivity index (χ4v) is 3.33. The Morgan fingerprint density at radius 1 is 1.14 bits per heavy atom. The van der Waals surface area contributed by atoms with Gasteiger partial charge in [0.2, 0.25) is 0 Å². The van der Waals surface area contributed by atoms with E-state index in [1.165, 1.54) is 22.1 Å². The lowest BCUT2D eigenvalue weighted by Crippen LogP contribution is -3.10. The Labute approximate surface area is 169 Å². The Kier molecular flexibility index (Phi) is 7.21. The molecule has 28 heavy (non-hydrogen) atoms. The van der Waals surface area contributed by atoms with E-state index in [2.05, 4.69) is 23.0 Å². The van der Waals surface area contributed by atoms with E-state index in [0.717, 1.165) is 24.1 Å². The van der Waals surface area contributed by atoms with Gasteiger partial charge in [-0.2, -0.15) is 0 Å². The van der Waals surface area contributed by atoms with Gasteiger partial charge in [-0.1, -0.05) is 30.3 Å². The summed E-state index contributed by atoms with van der Waals surface area (Å²) >= 11 is 0. The van der Waals surface area contributed by atoms with Crippen molar-refractivity contribution in [3.63, 3.8) is 0 Å². The van der Waals surface area contributed by atoms with Gasteiger partial charge in [0.1, 0.15) is 13.1 Å². The number of halogens is 1. The fourth-order valence-electron chi connectivity index (χ4n) is 3.33. The van der Waals surface area contributed by atoms with Crippen LogP contribution < -0.4 is 28.6 Å². The zero-order valence-corrected chi connectivity index (χ0v) is 16.8. The first kappa shape index (κ1) is 21.5. The molecule has 0 aliphatic carbocycles. The maximum atomic E-state index is 12.5. The standard InChI is InChI=1S/C20H23N5O2.ClH/c1-4-11-24(14-16-9-6-5-7-10-16)12-8-13-25-15-21-18-17(25)19(26)23(3)20(27)22(18)2;/h1,5-7,9-10,15H,8,11-14H2,2-3H3;1H. The molecule has 3 aromatic rings. The Morgan fingerprint density at radius 3 is 2.54 bits per heavy atom. The predicted octanol–water partition coefficient (Wildman–Crippen LogP) is -3.45. The molecule has 3 rings (SSSR count). The van der Waals surface area contributed by atoms with Gasteiger partial charge in [0.15, 0.2) is 11.2 Å². The molecule has 0 amide bonds. The van der Waals surface area contributed by atoms with E-state index in [1.54, 1.807) is 13.4 Å². The Bertz CT molecular complexity index is 1090. The number of aryl methyl sites for hydroxylation is 2. The molecule has 0 radical (unpaired) electrons. The third-order valence-electron chi connectivity index (χ3n) is 4.80. The first-order valence-corrected chi connectivity index (χ1v) is 8.94. The lowest BCUT2D eigenvalue weighted by Gasteiger charge is -2.17. The summed E-state index contributed by atoms with van der Waals surface area (Å²) < 4.78 is 4.34. The number of hydrogen-bond acceptors (Lipinski definition) is 3. The molecular formula is C20H24ClN5O2. The van der Waals surface area contributed by atoms with Crippen molar-refractivity contribution in [2.75, 3.05) is 13.1 Å². The molecule has 0 saturated carbocycles. The van der Waals surface area contributed by atoms with Crippen molar-refractivity contribution in [2.45, 2.75) is 19.5 Å². The van der Waals surface area contributed by atoms with Crippen molar-refractivity contribution in [1.29, 1.82) is 0 Å². The number of imidazole rings is 1. The van der Waals surface area contributed by atoms with Crippen LogP contribution in [-0.4, -0.2) is 31.8 Å². The van der Waals surface area contributed by atoms with Crippen LogP contribution >= 0.6 is 0 Å². The molecule has 2 heterocycles. The predicted molar refractivity (Wildman–Crippen MR) is 105 cm³/mol. The van der Waals surface area contributed by atoms with Gasteiger partial charge in [0.05, 0.1) is 12.9 Å². The van der Waals surface area contributed by atoms with Gasteiger partial charge >= 0.3 is 5.69 Å². The van der Waals surface area contributed by atoms with E-state index in [0.29, 0.717) is 24.3 Å². The molecule has 0 fully saturated rings. The molecule has 8 heteroatoms. The molecule has 0 saturated heterocycles.